The lowest BCUT2D eigenvalue weighted by Gasteiger charge is -2.14. The van der Waals surface area contributed by atoms with Gasteiger partial charge in [0.05, 0.1) is 0 Å². The fourth-order valence-corrected chi connectivity index (χ4v) is 1.93. The van der Waals surface area contributed by atoms with Crippen molar-refractivity contribution < 1.29 is 5.11 Å². The van der Waals surface area contributed by atoms with Crippen LogP contribution in [0.3, 0.4) is 0 Å². The number of aliphatic hydroxyl groups excluding tert-OH is 1. The third kappa shape index (κ3) is 2.11. The Labute approximate surface area is 100 Å². The highest BCUT2D eigenvalue weighted by Crippen LogP contribution is 2.29. The summed E-state index contributed by atoms with van der Waals surface area (Å²) in [5.41, 5.74) is 2.59. The molecule has 1 unspecified atom stereocenters. The molecule has 2 heteroatoms. The Hall–Kier alpha value is -1.31. The first kappa shape index (κ1) is 11.2. The molecule has 0 aliphatic heterocycles. The van der Waals surface area contributed by atoms with E-state index in [2.05, 4.69) is 0 Å². The summed E-state index contributed by atoms with van der Waals surface area (Å²) in [5, 5.41) is 10.9. The maximum Gasteiger partial charge on any atom is 0.105 e. The number of rotatable bonds is 2. The Morgan fingerprint density at radius 3 is 2.38 bits per heavy atom. The van der Waals surface area contributed by atoms with Crippen molar-refractivity contribution in [3.8, 4) is 0 Å². The van der Waals surface area contributed by atoms with E-state index in [1.54, 1.807) is 0 Å². The zero-order valence-electron chi connectivity index (χ0n) is 9.02. The number of aliphatic hydroxyl groups is 1. The average molecular weight is 233 g/mol. The van der Waals surface area contributed by atoms with E-state index in [9.17, 15) is 5.11 Å². The van der Waals surface area contributed by atoms with Gasteiger partial charge in [-0.25, -0.2) is 0 Å². The first-order valence-corrected chi connectivity index (χ1v) is 5.56. The van der Waals surface area contributed by atoms with E-state index in [-0.39, 0.29) is 0 Å². The van der Waals surface area contributed by atoms with E-state index in [1.807, 2.05) is 55.5 Å². The SMILES string of the molecule is Cc1cccc(C(O)c2ccccc2)c1Cl. The lowest BCUT2D eigenvalue weighted by atomic mass is 10.00. The molecule has 16 heavy (non-hydrogen) atoms. The van der Waals surface area contributed by atoms with Crippen molar-refractivity contribution in [2.75, 3.05) is 0 Å². The summed E-state index contributed by atoms with van der Waals surface area (Å²) in [6.07, 6.45) is -0.659. The molecule has 0 aromatic heterocycles. The van der Waals surface area contributed by atoms with Gasteiger partial charge in [0.1, 0.15) is 6.10 Å². The van der Waals surface area contributed by atoms with Crippen LogP contribution in [0.25, 0.3) is 0 Å². The Kier molecular flexibility index (Phi) is 3.28. The number of hydrogen-bond acceptors (Lipinski definition) is 1. The number of aryl methyl sites for hydroxylation is 1. The van der Waals surface area contributed by atoms with Crippen LogP contribution in [-0.2, 0) is 0 Å². The molecule has 82 valence electrons. The molecule has 0 saturated heterocycles. The molecule has 2 rings (SSSR count). The largest absolute Gasteiger partial charge is 0.384 e. The fourth-order valence-electron chi connectivity index (χ4n) is 1.70. The number of halogens is 1. The second-order valence-corrected chi connectivity index (χ2v) is 4.17. The monoisotopic (exact) mass is 232 g/mol. The molecule has 0 aliphatic rings. The lowest BCUT2D eigenvalue weighted by molar-refractivity contribution is 0.220. The standard InChI is InChI=1S/C14H13ClO/c1-10-6-5-9-12(13(10)15)14(16)11-7-3-2-4-8-11/h2-9,14,16H,1H3. The molecule has 1 N–H and O–H groups in total. The average Bonchev–Trinajstić information content (AvgIpc) is 2.33. The van der Waals surface area contributed by atoms with Crippen LogP contribution >= 0.6 is 11.6 Å². The number of benzene rings is 2. The summed E-state index contributed by atoms with van der Waals surface area (Å²) in [6.45, 7) is 1.93. The quantitative estimate of drug-likeness (QED) is 0.837. The van der Waals surface area contributed by atoms with E-state index in [0.29, 0.717) is 5.02 Å². The highest BCUT2D eigenvalue weighted by Gasteiger charge is 2.14. The Balaban J connectivity index is 2.42. The van der Waals surface area contributed by atoms with Crippen LogP contribution in [0.15, 0.2) is 48.5 Å². The van der Waals surface area contributed by atoms with Crippen LogP contribution in [0.1, 0.15) is 22.8 Å². The van der Waals surface area contributed by atoms with E-state index in [4.69, 9.17) is 11.6 Å². The van der Waals surface area contributed by atoms with Crippen LogP contribution in [0, 0.1) is 6.92 Å². The summed E-state index contributed by atoms with van der Waals surface area (Å²) < 4.78 is 0. The first-order chi connectivity index (χ1) is 7.70. The molecule has 1 nitrogen and oxygen atoms in total. The van der Waals surface area contributed by atoms with Crippen LogP contribution in [0.5, 0.6) is 0 Å². The predicted molar refractivity (Wildman–Crippen MR) is 66.7 cm³/mol. The van der Waals surface area contributed by atoms with Crippen LogP contribution in [0.4, 0.5) is 0 Å². The van der Waals surface area contributed by atoms with Crippen molar-refractivity contribution in [2.24, 2.45) is 0 Å². The minimum absolute atomic E-state index is 0.638. The lowest BCUT2D eigenvalue weighted by Crippen LogP contribution is -2.00. The van der Waals surface area contributed by atoms with E-state index < -0.39 is 6.10 Å². The van der Waals surface area contributed by atoms with Gasteiger partial charge < -0.3 is 5.11 Å². The highest BCUT2D eigenvalue weighted by atomic mass is 35.5. The Morgan fingerprint density at radius 1 is 1.00 bits per heavy atom. The molecular weight excluding hydrogens is 220 g/mol. The van der Waals surface area contributed by atoms with Crippen molar-refractivity contribution >= 4 is 11.6 Å². The first-order valence-electron chi connectivity index (χ1n) is 5.18. The normalized spacial score (nSPS) is 12.4. The molecule has 0 aliphatic carbocycles. The van der Waals surface area contributed by atoms with E-state index >= 15 is 0 Å². The Bertz CT molecular complexity index is 479. The molecule has 2 aromatic rings. The summed E-state index contributed by atoms with van der Waals surface area (Å²) >= 11 is 6.18. The third-order valence-corrected chi connectivity index (χ3v) is 3.15. The molecule has 0 fully saturated rings. The van der Waals surface area contributed by atoms with Crippen molar-refractivity contribution in [3.05, 3.63) is 70.2 Å². The summed E-state index contributed by atoms with van der Waals surface area (Å²) in [5.74, 6) is 0. The van der Waals surface area contributed by atoms with Gasteiger partial charge in [0.15, 0.2) is 0 Å². The molecular formula is C14H13ClO. The second-order valence-electron chi connectivity index (χ2n) is 3.79. The predicted octanol–water partition coefficient (Wildman–Crippen LogP) is 3.73. The van der Waals surface area contributed by atoms with Crippen LogP contribution < -0.4 is 0 Å². The van der Waals surface area contributed by atoms with Crippen LogP contribution in [-0.4, -0.2) is 5.11 Å². The van der Waals surface area contributed by atoms with Gasteiger partial charge >= 0.3 is 0 Å². The molecule has 1 atom stereocenters. The number of hydrogen-bond donors (Lipinski definition) is 1. The molecule has 0 saturated carbocycles. The van der Waals surface area contributed by atoms with Crippen LogP contribution in [0.2, 0.25) is 5.02 Å². The third-order valence-electron chi connectivity index (χ3n) is 2.63. The van der Waals surface area contributed by atoms with Crippen molar-refractivity contribution in [1.82, 2.24) is 0 Å². The van der Waals surface area contributed by atoms with Gasteiger partial charge in [0.2, 0.25) is 0 Å². The van der Waals surface area contributed by atoms with Gasteiger partial charge in [-0.05, 0) is 18.1 Å². The van der Waals surface area contributed by atoms with Crippen molar-refractivity contribution in [1.29, 1.82) is 0 Å². The van der Waals surface area contributed by atoms with Crippen molar-refractivity contribution in [3.63, 3.8) is 0 Å². The van der Waals surface area contributed by atoms with Gasteiger partial charge in [-0.1, -0.05) is 60.1 Å². The van der Waals surface area contributed by atoms with Crippen molar-refractivity contribution in [2.45, 2.75) is 13.0 Å². The minimum atomic E-state index is -0.659. The summed E-state index contributed by atoms with van der Waals surface area (Å²) in [6, 6.07) is 15.2. The Morgan fingerprint density at radius 2 is 1.69 bits per heavy atom. The molecule has 0 radical (unpaired) electrons. The maximum absolute atomic E-state index is 10.2. The zero-order valence-corrected chi connectivity index (χ0v) is 9.78. The van der Waals surface area contributed by atoms with Gasteiger partial charge in [0.25, 0.3) is 0 Å². The minimum Gasteiger partial charge on any atom is -0.384 e. The molecule has 0 amide bonds. The topological polar surface area (TPSA) is 20.2 Å². The molecule has 0 heterocycles. The van der Waals surface area contributed by atoms with Gasteiger partial charge in [-0.3, -0.25) is 0 Å². The fraction of sp³-hybridized carbons (Fsp3) is 0.143. The molecule has 0 bridgehead atoms. The van der Waals surface area contributed by atoms with Gasteiger partial charge in [0, 0.05) is 10.6 Å². The summed E-state index contributed by atoms with van der Waals surface area (Å²) in [7, 11) is 0. The molecule has 2 aromatic carbocycles. The zero-order chi connectivity index (χ0) is 11.5. The highest BCUT2D eigenvalue weighted by molar-refractivity contribution is 6.32. The smallest absolute Gasteiger partial charge is 0.105 e. The maximum atomic E-state index is 10.2. The van der Waals surface area contributed by atoms with E-state index in [1.165, 1.54) is 0 Å². The second kappa shape index (κ2) is 4.69. The van der Waals surface area contributed by atoms with Gasteiger partial charge in [-0.15, -0.1) is 0 Å². The van der Waals surface area contributed by atoms with Gasteiger partial charge in [-0.2, -0.15) is 0 Å². The molecule has 0 spiro atoms. The van der Waals surface area contributed by atoms with E-state index in [0.717, 1.165) is 16.7 Å². The summed E-state index contributed by atoms with van der Waals surface area (Å²) in [4.78, 5) is 0.